The lowest BCUT2D eigenvalue weighted by Crippen LogP contribution is -2.43. The van der Waals surface area contributed by atoms with E-state index in [4.69, 9.17) is 38.4 Å². The highest BCUT2D eigenvalue weighted by Crippen LogP contribution is 2.47. The number of ether oxygens (including phenoxy) is 6. The molecule has 65 heavy (non-hydrogen) atoms. The zero-order valence-electron chi connectivity index (χ0n) is 36.1. The van der Waals surface area contributed by atoms with Gasteiger partial charge in [0.15, 0.2) is 35.7 Å². The Morgan fingerprint density at radius 1 is 0.585 bits per heavy atom. The Balaban J connectivity index is 1.14. The fourth-order valence-electron chi connectivity index (χ4n) is 8.74. The van der Waals surface area contributed by atoms with Gasteiger partial charge in [-0.1, -0.05) is 109 Å². The largest absolute Gasteiger partial charge is 0.497 e. The van der Waals surface area contributed by atoms with Crippen molar-refractivity contribution in [1.29, 1.82) is 0 Å². The number of halogens is 1. The van der Waals surface area contributed by atoms with Crippen LogP contribution in [0.1, 0.15) is 39.6 Å². The average Bonchev–Trinajstić information content (AvgIpc) is 3.95. The number of rotatable bonds is 16. The third-order valence-corrected chi connectivity index (χ3v) is 12.0. The molecule has 0 saturated carbocycles. The molecule has 2 aromatic heterocycles. The summed E-state index contributed by atoms with van der Waals surface area (Å²) >= 11 is 0. The molecular weight excluding hydrogens is 826 g/mol. The lowest BCUT2D eigenvalue weighted by molar-refractivity contribution is -0.131. The molecule has 8 aromatic rings. The molecule has 0 aliphatic carbocycles. The molecule has 3 heterocycles. The van der Waals surface area contributed by atoms with Gasteiger partial charge in [0.25, 0.3) is 0 Å². The van der Waals surface area contributed by atoms with Gasteiger partial charge in [-0.25, -0.2) is 19.3 Å². The molecule has 1 N–H and O–H groups in total. The predicted molar refractivity (Wildman–Crippen MR) is 243 cm³/mol. The smallest absolute Gasteiger partial charge is 0.174 e. The van der Waals surface area contributed by atoms with Crippen molar-refractivity contribution in [3.63, 3.8) is 0 Å². The number of imidazole rings is 1. The van der Waals surface area contributed by atoms with Gasteiger partial charge in [-0.15, -0.1) is 0 Å². The second-order valence-corrected chi connectivity index (χ2v) is 15.4. The average molecular weight is 872 g/mol. The Labute approximate surface area is 375 Å². The van der Waals surface area contributed by atoms with Crippen LogP contribution in [0.25, 0.3) is 11.2 Å². The number of hydrogen-bond donors (Lipinski definition) is 1. The zero-order valence-corrected chi connectivity index (χ0v) is 36.1. The van der Waals surface area contributed by atoms with Gasteiger partial charge in [0, 0.05) is 0 Å². The standard InChI is InChI=1S/C52H46FN5O7/c1-60-40-23-15-35(16-24-40)51(34-11-7-5-8-12-34,36-17-25-41(61-2)26-18-36)57-48-46-49(55-32-54-48)58(33-56-46)50-45(53)47(44(31-59)64-50)65-52(37-13-9-6-10-14-37,38-19-27-42(62-3)28-20-38)39-21-29-43(63-4)30-22-39/h5-33,44-45,47,50H,1-4H3,(H,54,55,57)/t44-,45-,47-,50-/m1/s1. The van der Waals surface area contributed by atoms with Crippen molar-refractivity contribution in [2.75, 3.05) is 33.8 Å². The number of aldehydes is 1. The zero-order chi connectivity index (χ0) is 45.0. The minimum atomic E-state index is -1.89. The highest BCUT2D eigenvalue weighted by Gasteiger charge is 2.53. The number of anilines is 1. The molecule has 0 amide bonds. The molecule has 0 unspecified atom stereocenters. The molecule has 0 spiro atoms. The first-order valence-electron chi connectivity index (χ1n) is 20.9. The predicted octanol–water partition coefficient (Wildman–Crippen LogP) is 9.08. The number of alkyl halides is 1. The van der Waals surface area contributed by atoms with E-state index in [1.54, 1.807) is 28.4 Å². The molecule has 13 heteroatoms. The van der Waals surface area contributed by atoms with Gasteiger partial charge < -0.3 is 38.5 Å². The highest BCUT2D eigenvalue weighted by atomic mass is 19.1. The van der Waals surface area contributed by atoms with Crippen molar-refractivity contribution < 1.29 is 37.6 Å². The van der Waals surface area contributed by atoms with Crippen LogP contribution in [0.15, 0.2) is 170 Å². The molecule has 0 bridgehead atoms. The fraction of sp³-hybridized carbons (Fsp3) is 0.192. The van der Waals surface area contributed by atoms with Crippen LogP contribution in [-0.4, -0.2) is 72.6 Å². The number of carbonyl (C=O) groups excluding carboxylic acids is 1. The van der Waals surface area contributed by atoms with E-state index in [-0.39, 0.29) is 5.65 Å². The molecular formula is C52H46FN5O7. The van der Waals surface area contributed by atoms with Crippen molar-refractivity contribution in [1.82, 2.24) is 19.5 Å². The Hall–Kier alpha value is -7.61. The fourth-order valence-corrected chi connectivity index (χ4v) is 8.74. The summed E-state index contributed by atoms with van der Waals surface area (Å²) in [5.41, 5.74) is 2.79. The molecule has 4 atom stereocenters. The van der Waals surface area contributed by atoms with Crippen LogP contribution in [0.3, 0.4) is 0 Å². The molecule has 1 fully saturated rings. The topological polar surface area (TPSA) is 128 Å². The van der Waals surface area contributed by atoms with E-state index in [0.717, 1.165) is 16.7 Å². The van der Waals surface area contributed by atoms with Crippen LogP contribution in [0.5, 0.6) is 23.0 Å². The summed E-state index contributed by atoms with van der Waals surface area (Å²) in [5.74, 6) is 2.99. The molecule has 12 nitrogen and oxygen atoms in total. The van der Waals surface area contributed by atoms with Gasteiger partial charge >= 0.3 is 0 Å². The summed E-state index contributed by atoms with van der Waals surface area (Å²) < 4.78 is 54.7. The van der Waals surface area contributed by atoms with Crippen molar-refractivity contribution >= 4 is 23.3 Å². The summed E-state index contributed by atoms with van der Waals surface area (Å²) in [6, 6.07) is 49.8. The molecule has 1 saturated heterocycles. The minimum absolute atomic E-state index is 0.270. The first-order chi connectivity index (χ1) is 31.9. The normalized spacial score (nSPS) is 17.4. The maximum atomic E-state index is 17.7. The van der Waals surface area contributed by atoms with Crippen LogP contribution in [0, 0.1) is 0 Å². The number of aromatic nitrogens is 4. The van der Waals surface area contributed by atoms with Crippen LogP contribution in [0.2, 0.25) is 0 Å². The number of hydrogen-bond acceptors (Lipinski definition) is 11. The van der Waals surface area contributed by atoms with Crippen molar-refractivity contribution in [2.24, 2.45) is 0 Å². The third kappa shape index (κ3) is 7.68. The Morgan fingerprint density at radius 3 is 1.48 bits per heavy atom. The lowest BCUT2D eigenvalue weighted by Gasteiger charge is -2.39. The van der Waals surface area contributed by atoms with E-state index < -0.39 is 35.7 Å². The van der Waals surface area contributed by atoms with E-state index in [2.05, 4.69) is 10.3 Å². The maximum absolute atomic E-state index is 17.7. The van der Waals surface area contributed by atoms with Crippen molar-refractivity contribution in [3.05, 3.63) is 204 Å². The quantitative estimate of drug-likeness (QED) is 0.0738. The Morgan fingerprint density at radius 2 is 1.02 bits per heavy atom. The number of methoxy groups -OCH3 is 4. The summed E-state index contributed by atoms with van der Waals surface area (Å²) in [4.78, 5) is 27.1. The van der Waals surface area contributed by atoms with Gasteiger partial charge in [-0.2, -0.15) is 0 Å². The number of benzene rings is 6. The number of carbonyl (C=O) groups is 1. The van der Waals surface area contributed by atoms with E-state index >= 15 is 4.39 Å². The number of nitrogens with zero attached hydrogens (tertiary/aromatic N) is 4. The van der Waals surface area contributed by atoms with Gasteiger partial charge in [0.2, 0.25) is 0 Å². The molecule has 6 aromatic carbocycles. The molecule has 1 aliphatic rings. The first kappa shape index (κ1) is 42.7. The first-order valence-corrected chi connectivity index (χ1v) is 20.9. The molecule has 328 valence electrons. The SMILES string of the molecule is COc1ccc(C(Nc2ncnc3c2ncn3[C@@H]2O[C@H](C=O)[C@@H](OC(c3ccccc3)(c3ccc(OC)cc3)c3ccc(OC)cc3)[C@H]2F)(c2ccccc2)c2ccc(OC)cc2)cc1. The van der Waals surface area contributed by atoms with E-state index in [9.17, 15) is 4.79 Å². The van der Waals surface area contributed by atoms with E-state index in [1.165, 1.54) is 17.2 Å². The van der Waals surface area contributed by atoms with Gasteiger partial charge in [0.1, 0.15) is 52.7 Å². The second-order valence-electron chi connectivity index (χ2n) is 15.4. The van der Waals surface area contributed by atoms with Crippen LogP contribution < -0.4 is 24.3 Å². The highest BCUT2D eigenvalue weighted by molar-refractivity contribution is 5.84. The third-order valence-electron chi connectivity index (χ3n) is 12.0. The molecule has 1 aliphatic heterocycles. The van der Waals surface area contributed by atoms with Crippen LogP contribution >= 0.6 is 0 Å². The van der Waals surface area contributed by atoms with E-state index in [0.29, 0.717) is 57.3 Å². The number of nitrogens with one attached hydrogen (secondary N) is 1. The van der Waals surface area contributed by atoms with Crippen LogP contribution in [-0.2, 0) is 25.4 Å². The summed E-state index contributed by atoms with van der Waals surface area (Å²) in [5, 5.41) is 3.76. The van der Waals surface area contributed by atoms with Gasteiger partial charge in [-0.3, -0.25) is 4.57 Å². The molecule has 0 radical (unpaired) electrons. The van der Waals surface area contributed by atoms with Gasteiger partial charge in [0.05, 0.1) is 34.8 Å². The van der Waals surface area contributed by atoms with E-state index in [1.807, 2.05) is 158 Å². The Bertz CT molecular complexity index is 2750. The van der Waals surface area contributed by atoms with Gasteiger partial charge in [-0.05, 0) is 81.9 Å². The van der Waals surface area contributed by atoms with Crippen molar-refractivity contribution in [2.45, 2.75) is 35.7 Å². The van der Waals surface area contributed by atoms with Crippen molar-refractivity contribution in [3.8, 4) is 23.0 Å². The summed E-state index contributed by atoms with van der Waals surface area (Å²) in [6.45, 7) is 0. The number of fused-ring (bicyclic) bond motifs is 1. The Kier molecular flexibility index (Phi) is 12.0. The minimum Gasteiger partial charge on any atom is -0.497 e. The van der Waals surface area contributed by atoms with Crippen LogP contribution in [0.4, 0.5) is 10.2 Å². The monoisotopic (exact) mass is 871 g/mol. The molecule has 9 rings (SSSR count). The second kappa shape index (κ2) is 18.2. The lowest BCUT2D eigenvalue weighted by atomic mass is 9.77. The maximum Gasteiger partial charge on any atom is 0.174 e. The summed E-state index contributed by atoms with van der Waals surface area (Å²) in [7, 11) is 6.42. The summed E-state index contributed by atoms with van der Waals surface area (Å²) in [6.07, 6.45) is -2.58.